The molecule has 0 bridgehead atoms. The smallest absolute Gasteiger partial charge is 0.225 e. The summed E-state index contributed by atoms with van der Waals surface area (Å²) in [4.78, 5) is 14.1. The summed E-state index contributed by atoms with van der Waals surface area (Å²) in [6.45, 7) is 2.39. The molecular weight excluding hydrogens is 256 g/mol. The van der Waals surface area contributed by atoms with Gasteiger partial charge in [-0.3, -0.25) is 4.79 Å². The van der Waals surface area contributed by atoms with Crippen molar-refractivity contribution in [3.8, 4) is 0 Å². The van der Waals surface area contributed by atoms with Gasteiger partial charge in [0, 0.05) is 39.3 Å². The number of hydrogen-bond acceptors (Lipinski definition) is 4. The first kappa shape index (κ1) is 17.6. The molecule has 1 fully saturated rings. The average molecular weight is 281 g/mol. The van der Waals surface area contributed by atoms with Crippen LogP contribution in [-0.2, 0) is 14.3 Å². The van der Waals surface area contributed by atoms with E-state index >= 15 is 0 Å². The molecule has 1 amide bonds. The Balaban J connectivity index is 0.00000289. The Morgan fingerprint density at radius 2 is 1.78 bits per heavy atom. The zero-order valence-corrected chi connectivity index (χ0v) is 12.1. The maximum atomic E-state index is 12.3. The van der Waals surface area contributed by atoms with Crippen molar-refractivity contribution in [3.05, 3.63) is 0 Å². The Hall–Kier alpha value is -0.360. The van der Waals surface area contributed by atoms with E-state index in [1.54, 1.807) is 14.2 Å². The van der Waals surface area contributed by atoms with E-state index in [0.717, 1.165) is 19.3 Å². The molecule has 2 N–H and O–H groups in total. The fourth-order valence-corrected chi connectivity index (χ4v) is 2.23. The first-order chi connectivity index (χ1) is 8.19. The average Bonchev–Trinajstić information content (AvgIpc) is 2.75. The van der Waals surface area contributed by atoms with Gasteiger partial charge in [-0.15, -0.1) is 12.4 Å². The van der Waals surface area contributed by atoms with Gasteiger partial charge in [0.25, 0.3) is 0 Å². The summed E-state index contributed by atoms with van der Waals surface area (Å²) >= 11 is 0. The largest absolute Gasteiger partial charge is 0.383 e. The molecule has 1 rings (SSSR count). The van der Waals surface area contributed by atoms with Crippen LogP contribution in [0.5, 0.6) is 0 Å². The molecule has 0 aromatic carbocycles. The van der Waals surface area contributed by atoms with Crippen LogP contribution in [0.4, 0.5) is 0 Å². The lowest BCUT2D eigenvalue weighted by Gasteiger charge is -2.25. The number of carbonyl (C=O) groups is 1. The molecule has 0 radical (unpaired) electrons. The Labute approximate surface area is 115 Å². The fraction of sp³-hybridized carbons (Fsp3) is 0.917. The Morgan fingerprint density at radius 1 is 1.22 bits per heavy atom. The zero-order chi connectivity index (χ0) is 12.7. The molecular formula is C12H25ClN2O3. The van der Waals surface area contributed by atoms with E-state index in [2.05, 4.69) is 0 Å². The minimum atomic E-state index is 0. The maximum absolute atomic E-state index is 12.3. The van der Waals surface area contributed by atoms with Crippen molar-refractivity contribution >= 4 is 18.3 Å². The van der Waals surface area contributed by atoms with Crippen LogP contribution in [0.3, 0.4) is 0 Å². The zero-order valence-electron chi connectivity index (χ0n) is 11.3. The molecule has 0 aromatic rings. The summed E-state index contributed by atoms with van der Waals surface area (Å²) in [6.07, 6.45) is 2.69. The van der Waals surface area contributed by atoms with Crippen molar-refractivity contribution in [3.63, 3.8) is 0 Å². The molecule has 0 aliphatic heterocycles. The first-order valence-corrected chi connectivity index (χ1v) is 6.21. The van der Waals surface area contributed by atoms with Crippen LogP contribution in [0, 0.1) is 5.92 Å². The molecule has 2 atom stereocenters. The van der Waals surface area contributed by atoms with Crippen molar-refractivity contribution < 1.29 is 14.3 Å². The lowest BCUT2D eigenvalue weighted by molar-refractivity contribution is -0.136. The predicted molar refractivity (Wildman–Crippen MR) is 72.9 cm³/mol. The standard InChI is InChI=1S/C12H24N2O3.ClH/c1-16-7-5-14(6-8-17-2)12(15)10-3-4-11(13)9-10;/h10-11H,3-9,13H2,1-2H3;1H. The summed E-state index contributed by atoms with van der Waals surface area (Å²) in [6, 6.07) is 0.190. The van der Waals surface area contributed by atoms with Crippen molar-refractivity contribution in [2.75, 3.05) is 40.5 Å². The second kappa shape index (κ2) is 9.55. The number of nitrogens with two attached hydrogens (primary N) is 1. The lowest BCUT2D eigenvalue weighted by Crippen LogP contribution is -2.40. The third kappa shape index (κ3) is 5.52. The highest BCUT2D eigenvalue weighted by atomic mass is 35.5. The molecule has 0 heterocycles. The fourth-order valence-electron chi connectivity index (χ4n) is 2.23. The highest BCUT2D eigenvalue weighted by Crippen LogP contribution is 2.25. The van der Waals surface area contributed by atoms with Gasteiger partial charge in [0.05, 0.1) is 13.2 Å². The van der Waals surface area contributed by atoms with Crippen LogP contribution < -0.4 is 5.73 Å². The number of ether oxygens (including phenoxy) is 2. The third-order valence-electron chi connectivity index (χ3n) is 3.26. The quantitative estimate of drug-likeness (QED) is 0.744. The van der Waals surface area contributed by atoms with Crippen molar-refractivity contribution in [1.82, 2.24) is 4.90 Å². The number of hydrogen-bond donors (Lipinski definition) is 1. The molecule has 2 unspecified atom stereocenters. The summed E-state index contributed by atoms with van der Waals surface area (Å²) < 4.78 is 10.1. The molecule has 18 heavy (non-hydrogen) atoms. The van der Waals surface area contributed by atoms with E-state index in [4.69, 9.17) is 15.2 Å². The van der Waals surface area contributed by atoms with E-state index in [1.807, 2.05) is 4.90 Å². The van der Waals surface area contributed by atoms with Gasteiger partial charge in [0.1, 0.15) is 0 Å². The van der Waals surface area contributed by atoms with Gasteiger partial charge in [-0.2, -0.15) is 0 Å². The van der Waals surface area contributed by atoms with Gasteiger partial charge in [0.2, 0.25) is 5.91 Å². The van der Waals surface area contributed by atoms with Gasteiger partial charge < -0.3 is 20.1 Å². The molecule has 1 aliphatic carbocycles. The van der Waals surface area contributed by atoms with E-state index in [1.165, 1.54) is 0 Å². The maximum Gasteiger partial charge on any atom is 0.225 e. The highest BCUT2D eigenvalue weighted by molar-refractivity contribution is 5.85. The second-order valence-electron chi connectivity index (χ2n) is 4.58. The molecule has 5 nitrogen and oxygen atoms in total. The van der Waals surface area contributed by atoms with Gasteiger partial charge in [0.15, 0.2) is 0 Å². The molecule has 0 aromatic heterocycles. The monoisotopic (exact) mass is 280 g/mol. The van der Waals surface area contributed by atoms with Crippen molar-refractivity contribution in [2.24, 2.45) is 11.7 Å². The number of nitrogens with zero attached hydrogens (tertiary/aromatic N) is 1. The van der Waals surface area contributed by atoms with E-state index < -0.39 is 0 Å². The molecule has 1 saturated carbocycles. The number of carbonyl (C=O) groups excluding carboxylic acids is 1. The number of halogens is 1. The Bertz CT molecular complexity index is 233. The van der Waals surface area contributed by atoms with Crippen LogP contribution in [0.2, 0.25) is 0 Å². The van der Waals surface area contributed by atoms with E-state index in [9.17, 15) is 4.79 Å². The summed E-state index contributed by atoms with van der Waals surface area (Å²) in [5.74, 6) is 0.297. The molecule has 0 spiro atoms. The number of methoxy groups -OCH3 is 2. The van der Waals surface area contributed by atoms with Crippen LogP contribution in [0.15, 0.2) is 0 Å². The van der Waals surface area contributed by atoms with Crippen LogP contribution in [0.1, 0.15) is 19.3 Å². The SMILES string of the molecule is COCCN(CCOC)C(=O)C1CCC(N)C1.Cl. The third-order valence-corrected chi connectivity index (χ3v) is 3.26. The Morgan fingerprint density at radius 3 is 2.17 bits per heavy atom. The highest BCUT2D eigenvalue weighted by Gasteiger charge is 2.30. The van der Waals surface area contributed by atoms with E-state index in [0.29, 0.717) is 26.3 Å². The lowest BCUT2D eigenvalue weighted by atomic mass is 10.1. The Kier molecular flexibility index (Phi) is 9.36. The first-order valence-electron chi connectivity index (χ1n) is 6.21. The second-order valence-corrected chi connectivity index (χ2v) is 4.58. The van der Waals surface area contributed by atoms with Crippen LogP contribution >= 0.6 is 12.4 Å². The van der Waals surface area contributed by atoms with Gasteiger partial charge in [-0.05, 0) is 19.3 Å². The molecule has 1 aliphatic rings. The van der Waals surface area contributed by atoms with Crippen molar-refractivity contribution in [1.29, 1.82) is 0 Å². The van der Waals surface area contributed by atoms with Gasteiger partial charge >= 0.3 is 0 Å². The minimum Gasteiger partial charge on any atom is -0.383 e. The van der Waals surface area contributed by atoms with E-state index in [-0.39, 0.29) is 30.3 Å². The minimum absolute atomic E-state index is 0. The summed E-state index contributed by atoms with van der Waals surface area (Å²) in [7, 11) is 3.29. The molecule has 6 heteroatoms. The predicted octanol–water partition coefficient (Wildman–Crippen LogP) is 0.657. The van der Waals surface area contributed by atoms with Crippen LogP contribution in [-0.4, -0.2) is 57.4 Å². The molecule has 108 valence electrons. The summed E-state index contributed by atoms with van der Waals surface area (Å²) in [5.41, 5.74) is 5.84. The normalized spacial score (nSPS) is 22.6. The van der Waals surface area contributed by atoms with Gasteiger partial charge in [-0.1, -0.05) is 0 Å². The number of rotatable bonds is 7. The van der Waals surface area contributed by atoms with Crippen molar-refractivity contribution in [2.45, 2.75) is 25.3 Å². The van der Waals surface area contributed by atoms with Gasteiger partial charge in [-0.25, -0.2) is 0 Å². The molecule has 0 saturated heterocycles. The topological polar surface area (TPSA) is 64.8 Å². The summed E-state index contributed by atoms with van der Waals surface area (Å²) in [5, 5.41) is 0. The van der Waals surface area contributed by atoms with Crippen LogP contribution in [0.25, 0.3) is 0 Å². The number of amides is 1.